The molecular formula is C12H13BrFNO2. The van der Waals surface area contributed by atoms with Crippen LogP contribution in [-0.2, 0) is 4.74 Å². The van der Waals surface area contributed by atoms with Gasteiger partial charge in [-0.05, 0) is 24.6 Å². The van der Waals surface area contributed by atoms with Crippen LogP contribution < -0.4 is 5.32 Å². The number of carbonyl (C=O) groups excluding carboxylic acids is 1. The molecule has 0 unspecified atom stereocenters. The second kappa shape index (κ2) is 7.06. The van der Waals surface area contributed by atoms with E-state index in [1.807, 2.05) is 0 Å². The van der Waals surface area contributed by atoms with E-state index in [9.17, 15) is 9.18 Å². The number of nitrogens with one attached hydrogen (secondary N) is 1. The van der Waals surface area contributed by atoms with Gasteiger partial charge in [0.15, 0.2) is 0 Å². The quantitative estimate of drug-likeness (QED) is 0.648. The van der Waals surface area contributed by atoms with Crippen molar-refractivity contribution in [2.45, 2.75) is 6.42 Å². The molecule has 0 aromatic heterocycles. The summed E-state index contributed by atoms with van der Waals surface area (Å²) in [5, 5.41) is 2.61. The molecule has 0 atom stereocenters. The molecule has 1 amide bonds. The molecule has 0 saturated heterocycles. The highest BCUT2D eigenvalue weighted by Crippen LogP contribution is 2.15. The zero-order valence-electron chi connectivity index (χ0n) is 9.21. The molecule has 92 valence electrons. The van der Waals surface area contributed by atoms with Crippen molar-refractivity contribution < 1.29 is 13.9 Å². The van der Waals surface area contributed by atoms with Gasteiger partial charge in [-0.2, -0.15) is 0 Å². The Morgan fingerprint density at radius 3 is 3.00 bits per heavy atom. The van der Waals surface area contributed by atoms with Crippen LogP contribution in [0.4, 0.5) is 4.39 Å². The van der Waals surface area contributed by atoms with Gasteiger partial charge in [-0.3, -0.25) is 4.79 Å². The largest absolute Gasteiger partial charge is 0.502 e. The molecular weight excluding hydrogens is 289 g/mol. The number of halogens is 2. The van der Waals surface area contributed by atoms with Gasteiger partial charge in [-0.15, -0.1) is 0 Å². The Kier molecular flexibility index (Phi) is 5.69. The highest BCUT2D eigenvalue weighted by atomic mass is 79.9. The highest BCUT2D eigenvalue weighted by Gasteiger charge is 2.10. The summed E-state index contributed by atoms with van der Waals surface area (Å²) in [5.74, 6) is -0.965. The van der Waals surface area contributed by atoms with Gasteiger partial charge in [0.25, 0.3) is 5.91 Å². The van der Waals surface area contributed by atoms with Crippen molar-refractivity contribution in [1.82, 2.24) is 5.32 Å². The van der Waals surface area contributed by atoms with E-state index in [0.29, 0.717) is 24.0 Å². The lowest BCUT2D eigenvalue weighted by atomic mass is 10.2. The molecule has 17 heavy (non-hydrogen) atoms. The molecule has 0 spiro atoms. The maximum absolute atomic E-state index is 13.4. The van der Waals surface area contributed by atoms with Crippen molar-refractivity contribution in [3.63, 3.8) is 0 Å². The van der Waals surface area contributed by atoms with E-state index < -0.39 is 11.7 Å². The molecule has 0 fully saturated rings. The minimum Gasteiger partial charge on any atom is -0.502 e. The lowest BCUT2D eigenvalue weighted by Gasteiger charge is -2.06. The van der Waals surface area contributed by atoms with E-state index in [-0.39, 0.29) is 5.56 Å². The fourth-order valence-electron chi connectivity index (χ4n) is 1.21. The number of hydrogen-bond donors (Lipinski definition) is 1. The van der Waals surface area contributed by atoms with E-state index in [0.717, 1.165) is 0 Å². The first kappa shape index (κ1) is 13.7. The zero-order chi connectivity index (χ0) is 12.7. The first-order chi connectivity index (χ1) is 8.15. The van der Waals surface area contributed by atoms with Crippen LogP contribution in [0.1, 0.15) is 16.8 Å². The fraction of sp³-hybridized carbons (Fsp3) is 0.250. The van der Waals surface area contributed by atoms with Crippen LogP contribution in [0.2, 0.25) is 0 Å². The molecule has 0 bridgehead atoms. The van der Waals surface area contributed by atoms with E-state index in [2.05, 4.69) is 27.8 Å². The third kappa shape index (κ3) is 4.56. The topological polar surface area (TPSA) is 38.3 Å². The molecule has 0 heterocycles. The second-order valence-corrected chi connectivity index (χ2v) is 4.19. The third-order valence-corrected chi connectivity index (χ3v) is 2.51. The summed E-state index contributed by atoms with van der Waals surface area (Å²) in [5.41, 5.74) is 0.0397. The van der Waals surface area contributed by atoms with Crippen LogP contribution in [0.5, 0.6) is 0 Å². The Morgan fingerprint density at radius 2 is 2.35 bits per heavy atom. The van der Waals surface area contributed by atoms with Crippen molar-refractivity contribution in [3.05, 3.63) is 46.9 Å². The van der Waals surface area contributed by atoms with Gasteiger partial charge in [0.2, 0.25) is 0 Å². The highest BCUT2D eigenvalue weighted by molar-refractivity contribution is 9.10. The number of benzene rings is 1. The van der Waals surface area contributed by atoms with Crippen LogP contribution in [0.3, 0.4) is 0 Å². The molecule has 1 aromatic carbocycles. The molecule has 0 radical (unpaired) electrons. The predicted molar refractivity (Wildman–Crippen MR) is 67.2 cm³/mol. The lowest BCUT2D eigenvalue weighted by molar-refractivity contribution is 0.0946. The lowest BCUT2D eigenvalue weighted by Crippen LogP contribution is -2.26. The number of ether oxygens (including phenoxy) is 1. The molecule has 1 N–H and O–H groups in total. The Labute approximate surface area is 108 Å². The van der Waals surface area contributed by atoms with E-state index in [4.69, 9.17) is 4.74 Å². The number of rotatable bonds is 6. The number of amides is 1. The van der Waals surface area contributed by atoms with Crippen LogP contribution in [0.15, 0.2) is 35.5 Å². The number of hydrogen-bond acceptors (Lipinski definition) is 2. The van der Waals surface area contributed by atoms with E-state index in [1.165, 1.54) is 18.4 Å². The maximum Gasteiger partial charge on any atom is 0.254 e. The molecule has 0 aliphatic carbocycles. The summed E-state index contributed by atoms with van der Waals surface area (Å²) < 4.78 is 18.9. The SMILES string of the molecule is C=COCCCNC(=O)c1ccc(Br)cc1F. The molecule has 0 aliphatic heterocycles. The summed E-state index contributed by atoms with van der Waals surface area (Å²) in [6.07, 6.45) is 1.99. The second-order valence-electron chi connectivity index (χ2n) is 3.27. The van der Waals surface area contributed by atoms with Crippen LogP contribution >= 0.6 is 15.9 Å². The molecule has 1 aromatic rings. The van der Waals surface area contributed by atoms with Crippen molar-refractivity contribution in [3.8, 4) is 0 Å². The van der Waals surface area contributed by atoms with Crippen molar-refractivity contribution >= 4 is 21.8 Å². The minimum absolute atomic E-state index is 0.0397. The van der Waals surface area contributed by atoms with Crippen molar-refractivity contribution in [2.75, 3.05) is 13.2 Å². The Balaban J connectivity index is 2.44. The van der Waals surface area contributed by atoms with Crippen LogP contribution in [0.25, 0.3) is 0 Å². The Hall–Kier alpha value is -1.36. The standard InChI is InChI=1S/C12H13BrFNO2/c1-2-17-7-3-6-15-12(16)10-5-4-9(13)8-11(10)14/h2,4-5,8H,1,3,6-7H2,(H,15,16). The third-order valence-electron chi connectivity index (χ3n) is 2.02. The summed E-state index contributed by atoms with van der Waals surface area (Å²) in [6.45, 7) is 4.31. The average Bonchev–Trinajstić information content (AvgIpc) is 2.28. The maximum atomic E-state index is 13.4. The molecule has 3 nitrogen and oxygen atoms in total. The van der Waals surface area contributed by atoms with E-state index in [1.54, 1.807) is 6.07 Å². The van der Waals surface area contributed by atoms with Gasteiger partial charge in [0.1, 0.15) is 5.82 Å². The Bertz CT molecular complexity index is 409. The van der Waals surface area contributed by atoms with Crippen molar-refractivity contribution in [2.24, 2.45) is 0 Å². The van der Waals surface area contributed by atoms with Crippen LogP contribution in [0, 0.1) is 5.82 Å². The average molecular weight is 302 g/mol. The number of carbonyl (C=O) groups is 1. The van der Waals surface area contributed by atoms with Gasteiger partial charge in [0.05, 0.1) is 18.4 Å². The normalized spacial score (nSPS) is 9.76. The van der Waals surface area contributed by atoms with Crippen LogP contribution in [-0.4, -0.2) is 19.1 Å². The zero-order valence-corrected chi connectivity index (χ0v) is 10.8. The van der Waals surface area contributed by atoms with Gasteiger partial charge < -0.3 is 10.1 Å². The van der Waals surface area contributed by atoms with E-state index >= 15 is 0 Å². The summed E-state index contributed by atoms with van der Waals surface area (Å²) in [6, 6.07) is 4.32. The fourth-order valence-corrected chi connectivity index (χ4v) is 1.54. The summed E-state index contributed by atoms with van der Waals surface area (Å²) in [4.78, 5) is 11.6. The molecule has 0 saturated carbocycles. The monoisotopic (exact) mass is 301 g/mol. The smallest absolute Gasteiger partial charge is 0.254 e. The minimum atomic E-state index is -0.542. The van der Waals surface area contributed by atoms with Gasteiger partial charge in [0, 0.05) is 11.0 Å². The molecule has 1 rings (SSSR count). The summed E-state index contributed by atoms with van der Waals surface area (Å²) >= 11 is 3.13. The van der Waals surface area contributed by atoms with Gasteiger partial charge in [-0.1, -0.05) is 22.5 Å². The summed E-state index contributed by atoms with van der Waals surface area (Å²) in [7, 11) is 0. The van der Waals surface area contributed by atoms with Gasteiger partial charge in [-0.25, -0.2) is 4.39 Å². The van der Waals surface area contributed by atoms with Gasteiger partial charge >= 0.3 is 0 Å². The van der Waals surface area contributed by atoms with Crippen molar-refractivity contribution in [1.29, 1.82) is 0 Å². The molecule has 5 heteroatoms. The first-order valence-electron chi connectivity index (χ1n) is 5.11. The predicted octanol–water partition coefficient (Wildman–Crippen LogP) is 2.87. The molecule has 0 aliphatic rings. The Morgan fingerprint density at radius 1 is 1.59 bits per heavy atom. The first-order valence-corrected chi connectivity index (χ1v) is 5.90.